The fourth-order valence-electron chi connectivity index (χ4n) is 3.05. The van der Waals surface area contributed by atoms with Crippen LogP contribution in [0, 0.1) is 5.41 Å². The zero-order valence-corrected chi connectivity index (χ0v) is 15.5. The van der Waals surface area contributed by atoms with Gasteiger partial charge in [-0.3, -0.25) is 15.3 Å². The Morgan fingerprint density at radius 1 is 1.19 bits per heavy atom. The summed E-state index contributed by atoms with van der Waals surface area (Å²) in [5.74, 6) is 0.398. The molecule has 0 spiro atoms. The number of anilines is 2. The van der Waals surface area contributed by atoms with Crippen LogP contribution in [0.2, 0.25) is 0 Å². The average molecular weight is 364 g/mol. The molecule has 0 radical (unpaired) electrons. The number of rotatable bonds is 7. The summed E-state index contributed by atoms with van der Waals surface area (Å²) in [6.45, 7) is 6.06. The summed E-state index contributed by atoms with van der Waals surface area (Å²) in [6.07, 6.45) is 0.224. The SMILES string of the molecule is CCN(CC)c1ccc2[nH]nc(NC(=O)Cc3ccc(C(=N)N)cc3)c2c1. The zero-order valence-electron chi connectivity index (χ0n) is 15.5. The number of carbonyl (C=O) groups excluding carboxylic acids is 1. The van der Waals surface area contributed by atoms with Gasteiger partial charge in [0.25, 0.3) is 0 Å². The van der Waals surface area contributed by atoms with E-state index in [9.17, 15) is 4.79 Å². The van der Waals surface area contributed by atoms with Crippen LogP contribution >= 0.6 is 0 Å². The highest BCUT2D eigenvalue weighted by Gasteiger charge is 2.12. The molecule has 0 unspecified atom stereocenters. The second-order valence-corrected chi connectivity index (χ2v) is 6.31. The summed E-state index contributed by atoms with van der Waals surface area (Å²) in [5, 5.41) is 18.4. The van der Waals surface area contributed by atoms with E-state index in [1.54, 1.807) is 24.3 Å². The van der Waals surface area contributed by atoms with E-state index in [4.69, 9.17) is 11.1 Å². The molecule has 0 bridgehead atoms. The molecule has 0 aliphatic carbocycles. The van der Waals surface area contributed by atoms with Crippen molar-refractivity contribution in [2.45, 2.75) is 20.3 Å². The molecular formula is C20H24N6O. The van der Waals surface area contributed by atoms with Crippen LogP contribution in [0.4, 0.5) is 11.5 Å². The van der Waals surface area contributed by atoms with Gasteiger partial charge in [-0.1, -0.05) is 24.3 Å². The maximum Gasteiger partial charge on any atom is 0.230 e. The number of hydrogen-bond acceptors (Lipinski definition) is 4. The average Bonchev–Trinajstić information content (AvgIpc) is 3.05. The molecule has 27 heavy (non-hydrogen) atoms. The molecule has 7 heteroatoms. The predicted molar refractivity (Wildman–Crippen MR) is 109 cm³/mol. The van der Waals surface area contributed by atoms with Crippen LogP contribution in [-0.4, -0.2) is 35.0 Å². The lowest BCUT2D eigenvalue weighted by atomic mass is 10.1. The highest BCUT2D eigenvalue weighted by atomic mass is 16.1. The Morgan fingerprint density at radius 3 is 2.52 bits per heavy atom. The van der Waals surface area contributed by atoms with Crippen molar-refractivity contribution in [3.8, 4) is 0 Å². The van der Waals surface area contributed by atoms with Gasteiger partial charge in [0.2, 0.25) is 5.91 Å². The number of nitrogens with zero attached hydrogens (tertiary/aromatic N) is 2. The molecule has 0 aliphatic rings. The zero-order chi connectivity index (χ0) is 19.4. The first-order valence-electron chi connectivity index (χ1n) is 8.98. The fourth-order valence-corrected chi connectivity index (χ4v) is 3.05. The number of benzene rings is 2. The lowest BCUT2D eigenvalue weighted by molar-refractivity contribution is -0.115. The molecule has 0 saturated heterocycles. The van der Waals surface area contributed by atoms with Crippen LogP contribution < -0.4 is 16.0 Å². The summed E-state index contributed by atoms with van der Waals surface area (Å²) in [4.78, 5) is 14.7. The molecule has 1 heterocycles. The molecule has 1 aromatic heterocycles. The van der Waals surface area contributed by atoms with Crippen LogP contribution in [0.1, 0.15) is 25.0 Å². The Hall–Kier alpha value is -3.35. The van der Waals surface area contributed by atoms with Crippen molar-refractivity contribution < 1.29 is 4.79 Å². The summed E-state index contributed by atoms with van der Waals surface area (Å²) >= 11 is 0. The summed E-state index contributed by atoms with van der Waals surface area (Å²) in [7, 11) is 0. The number of fused-ring (bicyclic) bond motifs is 1. The van der Waals surface area contributed by atoms with Gasteiger partial charge in [-0.05, 0) is 37.6 Å². The lowest BCUT2D eigenvalue weighted by Crippen LogP contribution is -2.21. The monoisotopic (exact) mass is 364 g/mol. The van der Waals surface area contributed by atoms with Gasteiger partial charge in [-0.25, -0.2) is 0 Å². The number of nitrogen functional groups attached to an aromatic ring is 1. The van der Waals surface area contributed by atoms with Gasteiger partial charge >= 0.3 is 0 Å². The lowest BCUT2D eigenvalue weighted by Gasteiger charge is -2.20. The number of amidine groups is 1. The third kappa shape index (κ3) is 4.08. The smallest absolute Gasteiger partial charge is 0.230 e. The van der Waals surface area contributed by atoms with E-state index in [-0.39, 0.29) is 18.2 Å². The van der Waals surface area contributed by atoms with Crippen LogP contribution in [0.15, 0.2) is 42.5 Å². The normalized spacial score (nSPS) is 10.7. The highest BCUT2D eigenvalue weighted by Crippen LogP contribution is 2.26. The minimum Gasteiger partial charge on any atom is -0.384 e. The summed E-state index contributed by atoms with van der Waals surface area (Å²) in [6, 6.07) is 13.2. The molecule has 0 atom stereocenters. The Kier molecular flexibility index (Phi) is 5.40. The summed E-state index contributed by atoms with van der Waals surface area (Å²) < 4.78 is 0. The number of carbonyl (C=O) groups is 1. The third-order valence-corrected chi connectivity index (χ3v) is 4.56. The van der Waals surface area contributed by atoms with Gasteiger partial charge in [0, 0.05) is 29.7 Å². The van der Waals surface area contributed by atoms with Gasteiger partial charge in [-0.2, -0.15) is 5.10 Å². The molecule has 0 saturated carbocycles. The van der Waals surface area contributed by atoms with E-state index in [2.05, 4.69) is 40.3 Å². The van der Waals surface area contributed by atoms with E-state index < -0.39 is 0 Å². The quantitative estimate of drug-likeness (QED) is 0.381. The third-order valence-electron chi connectivity index (χ3n) is 4.56. The molecule has 7 nitrogen and oxygen atoms in total. The Morgan fingerprint density at radius 2 is 1.89 bits per heavy atom. The molecule has 5 N–H and O–H groups in total. The van der Waals surface area contributed by atoms with Crippen molar-refractivity contribution in [1.82, 2.24) is 10.2 Å². The molecule has 140 valence electrons. The largest absolute Gasteiger partial charge is 0.384 e. The van der Waals surface area contributed by atoms with Crippen LogP contribution in [0.3, 0.4) is 0 Å². The highest BCUT2D eigenvalue weighted by molar-refractivity contribution is 6.01. The molecule has 0 fully saturated rings. The maximum atomic E-state index is 12.4. The van der Waals surface area contributed by atoms with Crippen LogP contribution in [0.25, 0.3) is 10.9 Å². The van der Waals surface area contributed by atoms with Crippen molar-refractivity contribution in [2.75, 3.05) is 23.3 Å². The van der Waals surface area contributed by atoms with Gasteiger partial charge in [0.05, 0.1) is 11.9 Å². The first-order valence-corrected chi connectivity index (χ1v) is 8.98. The van der Waals surface area contributed by atoms with E-state index in [1.165, 1.54) is 0 Å². The van der Waals surface area contributed by atoms with E-state index in [0.29, 0.717) is 11.4 Å². The Bertz CT molecular complexity index is 956. The van der Waals surface area contributed by atoms with Gasteiger partial charge in [0.15, 0.2) is 5.82 Å². The predicted octanol–water partition coefficient (Wildman–Crippen LogP) is 2.87. The van der Waals surface area contributed by atoms with Gasteiger partial charge < -0.3 is 16.0 Å². The molecule has 2 aromatic carbocycles. The van der Waals surface area contributed by atoms with Crippen molar-refractivity contribution >= 4 is 34.2 Å². The minimum atomic E-state index is -0.146. The van der Waals surface area contributed by atoms with Crippen molar-refractivity contribution in [3.05, 3.63) is 53.6 Å². The van der Waals surface area contributed by atoms with Gasteiger partial charge in [-0.15, -0.1) is 0 Å². The molecule has 3 rings (SSSR count). The van der Waals surface area contributed by atoms with Crippen molar-refractivity contribution in [1.29, 1.82) is 5.41 Å². The fraction of sp³-hybridized carbons (Fsp3) is 0.250. The number of nitrogens with two attached hydrogens (primary N) is 1. The number of hydrogen-bond donors (Lipinski definition) is 4. The maximum absolute atomic E-state index is 12.4. The molecular weight excluding hydrogens is 340 g/mol. The topological polar surface area (TPSA) is 111 Å². The van der Waals surface area contributed by atoms with E-state index in [0.717, 1.165) is 35.2 Å². The molecule has 1 amide bonds. The number of amides is 1. The number of aromatic nitrogens is 2. The standard InChI is InChI=1S/C20H24N6O/c1-3-26(4-2)15-9-10-17-16(12-15)20(25-24-17)23-18(27)11-13-5-7-14(8-6-13)19(21)22/h5-10,12H,3-4,11H2,1-2H3,(H3,21,22)(H2,23,24,25,27). The second-order valence-electron chi connectivity index (χ2n) is 6.31. The van der Waals surface area contributed by atoms with E-state index in [1.807, 2.05) is 12.1 Å². The Balaban J connectivity index is 1.76. The second kappa shape index (κ2) is 7.90. The number of nitrogens with one attached hydrogen (secondary N) is 3. The van der Waals surface area contributed by atoms with Crippen molar-refractivity contribution in [3.63, 3.8) is 0 Å². The number of H-pyrrole nitrogens is 1. The van der Waals surface area contributed by atoms with Gasteiger partial charge in [0.1, 0.15) is 5.84 Å². The minimum absolute atomic E-state index is 0.0120. The van der Waals surface area contributed by atoms with Crippen LogP contribution in [0.5, 0.6) is 0 Å². The Labute approximate surface area is 158 Å². The first-order chi connectivity index (χ1) is 13.0. The number of aromatic amines is 1. The van der Waals surface area contributed by atoms with Crippen LogP contribution in [-0.2, 0) is 11.2 Å². The first kappa shape index (κ1) is 18.4. The van der Waals surface area contributed by atoms with Crippen molar-refractivity contribution in [2.24, 2.45) is 5.73 Å². The summed E-state index contributed by atoms with van der Waals surface area (Å²) in [5.41, 5.74) is 8.92. The molecule has 0 aliphatic heterocycles. The molecule has 3 aromatic rings. The van der Waals surface area contributed by atoms with E-state index >= 15 is 0 Å².